The van der Waals surface area contributed by atoms with Crippen LogP contribution in [0.25, 0.3) is 22.0 Å². The van der Waals surface area contributed by atoms with Crippen molar-refractivity contribution in [1.29, 1.82) is 0 Å². The van der Waals surface area contributed by atoms with Gasteiger partial charge in [-0.1, -0.05) is 6.58 Å². The first kappa shape index (κ1) is 29.6. The lowest BCUT2D eigenvalue weighted by molar-refractivity contribution is -0.137. The van der Waals surface area contributed by atoms with Crippen molar-refractivity contribution in [1.82, 2.24) is 19.4 Å². The van der Waals surface area contributed by atoms with Crippen molar-refractivity contribution < 1.29 is 31.5 Å². The molecule has 1 atom stereocenters. The normalized spacial score (nSPS) is 19.6. The van der Waals surface area contributed by atoms with Crippen LogP contribution in [0.1, 0.15) is 11.6 Å². The summed E-state index contributed by atoms with van der Waals surface area (Å²) in [6.45, 7) is 7.30. The SMILES string of the molecule is C=CC(=O)N1CCN(c2nc(=O)n3c4c(c(-c5ccc(F)cc5F)c(C(F)(F)F)cc24)SCC3CN2CCOCC2)CC1. The van der Waals surface area contributed by atoms with Crippen LogP contribution in [0.2, 0.25) is 0 Å². The van der Waals surface area contributed by atoms with Gasteiger partial charge in [0, 0.05) is 79.0 Å². The molecule has 6 rings (SSSR count). The number of thioether (sulfide) groups is 1. The number of aromatic nitrogens is 2. The summed E-state index contributed by atoms with van der Waals surface area (Å²) >= 11 is 1.13. The average molecular weight is 622 g/mol. The number of ether oxygens (including phenoxy) is 1. The van der Waals surface area contributed by atoms with Crippen LogP contribution in [0.15, 0.2) is 46.6 Å². The number of alkyl halides is 3. The molecule has 14 heteroatoms. The quantitative estimate of drug-likeness (QED) is 0.313. The second kappa shape index (κ2) is 11.5. The summed E-state index contributed by atoms with van der Waals surface area (Å²) < 4.78 is 80.1. The van der Waals surface area contributed by atoms with Crippen LogP contribution in [0.4, 0.5) is 27.8 Å². The Morgan fingerprint density at radius 1 is 1.09 bits per heavy atom. The third-order valence-corrected chi connectivity index (χ3v) is 9.31. The summed E-state index contributed by atoms with van der Waals surface area (Å²) in [5.74, 6) is -1.99. The molecule has 0 aliphatic carbocycles. The largest absolute Gasteiger partial charge is 0.417 e. The van der Waals surface area contributed by atoms with Crippen LogP contribution in [-0.4, -0.2) is 90.0 Å². The number of hydrogen-bond acceptors (Lipinski definition) is 7. The van der Waals surface area contributed by atoms with E-state index in [9.17, 15) is 27.2 Å². The number of nitrogens with zero attached hydrogens (tertiary/aromatic N) is 5. The van der Waals surface area contributed by atoms with Gasteiger partial charge in [0.05, 0.1) is 30.3 Å². The van der Waals surface area contributed by atoms with Gasteiger partial charge in [0.15, 0.2) is 0 Å². The van der Waals surface area contributed by atoms with Crippen molar-refractivity contribution in [2.45, 2.75) is 17.1 Å². The van der Waals surface area contributed by atoms with Gasteiger partial charge in [-0.25, -0.2) is 13.6 Å². The number of carbonyl (C=O) groups excluding carboxylic acids is 1. The molecular formula is C29H28F5N5O3S. The Hall–Kier alpha value is -3.49. The Morgan fingerprint density at radius 3 is 2.47 bits per heavy atom. The summed E-state index contributed by atoms with van der Waals surface area (Å²) in [7, 11) is 0. The van der Waals surface area contributed by atoms with Gasteiger partial charge < -0.3 is 14.5 Å². The Labute approximate surface area is 247 Å². The Kier molecular flexibility index (Phi) is 7.94. The Balaban J connectivity index is 1.58. The summed E-state index contributed by atoms with van der Waals surface area (Å²) in [4.78, 5) is 35.7. The number of halogens is 5. The van der Waals surface area contributed by atoms with Crippen LogP contribution >= 0.6 is 11.8 Å². The number of morpholine rings is 1. The highest BCUT2D eigenvalue weighted by Gasteiger charge is 2.40. The van der Waals surface area contributed by atoms with Gasteiger partial charge in [0.2, 0.25) is 5.91 Å². The molecule has 3 aliphatic heterocycles. The predicted octanol–water partition coefficient (Wildman–Crippen LogP) is 4.17. The fraction of sp³-hybridized carbons (Fsp3) is 0.414. The molecule has 0 saturated carbocycles. The fourth-order valence-corrected chi connectivity index (χ4v) is 7.32. The zero-order chi connectivity index (χ0) is 30.5. The van der Waals surface area contributed by atoms with E-state index in [0.29, 0.717) is 38.9 Å². The first-order chi connectivity index (χ1) is 20.6. The molecule has 1 aromatic heterocycles. The van der Waals surface area contributed by atoms with E-state index in [-0.39, 0.29) is 59.5 Å². The zero-order valence-electron chi connectivity index (χ0n) is 23.0. The molecule has 43 heavy (non-hydrogen) atoms. The van der Waals surface area contributed by atoms with E-state index < -0.39 is 46.2 Å². The van der Waals surface area contributed by atoms with E-state index >= 15 is 4.39 Å². The van der Waals surface area contributed by atoms with Crippen molar-refractivity contribution in [3.05, 3.63) is 64.6 Å². The maximum absolute atomic E-state index is 15.1. The minimum Gasteiger partial charge on any atom is -0.379 e. The van der Waals surface area contributed by atoms with E-state index in [0.717, 1.165) is 30.0 Å². The monoisotopic (exact) mass is 621 g/mol. The number of rotatable bonds is 5. The predicted molar refractivity (Wildman–Crippen MR) is 152 cm³/mol. The summed E-state index contributed by atoms with van der Waals surface area (Å²) in [5.41, 5.74) is -2.33. The molecule has 8 nitrogen and oxygen atoms in total. The molecule has 4 heterocycles. The lowest BCUT2D eigenvalue weighted by Crippen LogP contribution is -2.49. The third kappa shape index (κ3) is 5.51. The molecule has 2 aromatic carbocycles. The highest BCUT2D eigenvalue weighted by atomic mass is 32.2. The first-order valence-electron chi connectivity index (χ1n) is 13.8. The molecule has 3 aromatic rings. The van der Waals surface area contributed by atoms with Crippen molar-refractivity contribution in [2.24, 2.45) is 0 Å². The van der Waals surface area contributed by atoms with E-state index in [1.54, 1.807) is 9.80 Å². The molecule has 0 spiro atoms. The minimum absolute atomic E-state index is 0.0763. The molecule has 0 radical (unpaired) electrons. The smallest absolute Gasteiger partial charge is 0.379 e. The molecule has 228 valence electrons. The van der Waals surface area contributed by atoms with E-state index in [1.807, 2.05) is 0 Å². The van der Waals surface area contributed by atoms with Crippen LogP contribution < -0.4 is 10.6 Å². The second-order valence-electron chi connectivity index (χ2n) is 10.6. The number of carbonyl (C=O) groups is 1. The van der Waals surface area contributed by atoms with Gasteiger partial charge in [-0.05, 0) is 24.3 Å². The van der Waals surface area contributed by atoms with Gasteiger partial charge in [-0.2, -0.15) is 18.2 Å². The van der Waals surface area contributed by atoms with Gasteiger partial charge in [0.1, 0.15) is 17.5 Å². The average Bonchev–Trinajstić information content (AvgIpc) is 2.99. The van der Waals surface area contributed by atoms with Crippen LogP contribution in [-0.2, 0) is 15.7 Å². The van der Waals surface area contributed by atoms with E-state index in [2.05, 4.69) is 16.5 Å². The Bertz CT molecular complexity index is 1650. The number of amides is 1. The fourth-order valence-electron chi connectivity index (χ4n) is 6.00. The lowest BCUT2D eigenvalue weighted by atomic mass is 9.95. The Morgan fingerprint density at radius 2 is 1.81 bits per heavy atom. The summed E-state index contributed by atoms with van der Waals surface area (Å²) in [5, 5.41) is 0.107. The number of piperazine rings is 1. The van der Waals surface area contributed by atoms with Gasteiger partial charge in [0.25, 0.3) is 0 Å². The van der Waals surface area contributed by atoms with Gasteiger partial charge in [-0.3, -0.25) is 14.3 Å². The topological polar surface area (TPSA) is 70.9 Å². The standard InChI is InChI=1S/C29H28F5N5O3S/c1-2-23(40)37-5-7-38(8-6-37)27-20-14-21(29(32,33)34)24(19-4-3-17(30)13-22(19)31)26-25(20)39(28(41)35-27)18(16-43-26)15-36-9-11-42-12-10-36/h2-4,13-14,18H,1,5-12,15-16H2. The molecule has 1 amide bonds. The first-order valence-corrected chi connectivity index (χ1v) is 14.8. The highest BCUT2D eigenvalue weighted by molar-refractivity contribution is 7.99. The van der Waals surface area contributed by atoms with Crippen LogP contribution in [0, 0.1) is 11.6 Å². The second-order valence-corrected chi connectivity index (χ2v) is 11.7. The van der Waals surface area contributed by atoms with Crippen molar-refractivity contribution in [3.8, 4) is 11.1 Å². The lowest BCUT2D eigenvalue weighted by Gasteiger charge is -2.38. The van der Waals surface area contributed by atoms with Crippen molar-refractivity contribution >= 4 is 34.4 Å². The number of hydrogen-bond donors (Lipinski definition) is 0. The maximum Gasteiger partial charge on any atom is 0.417 e. The van der Waals surface area contributed by atoms with Crippen LogP contribution in [0.5, 0.6) is 0 Å². The van der Waals surface area contributed by atoms with Gasteiger partial charge >= 0.3 is 11.9 Å². The molecule has 0 N–H and O–H groups in total. The number of benzene rings is 2. The van der Waals surface area contributed by atoms with E-state index in [4.69, 9.17) is 4.74 Å². The van der Waals surface area contributed by atoms with E-state index in [1.165, 1.54) is 10.6 Å². The minimum atomic E-state index is -4.90. The molecule has 0 bridgehead atoms. The summed E-state index contributed by atoms with van der Waals surface area (Å²) in [6.07, 6.45) is -3.71. The molecule has 1 unspecified atom stereocenters. The highest BCUT2D eigenvalue weighted by Crippen LogP contribution is 2.50. The molecule has 2 saturated heterocycles. The molecule has 2 fully saturated rings. The number of anilines is 1. The maximum atomic E-state index is 15.1. The van der Waals surface area contributed by atoms with Crippen molar-refractivity contribution in [2.75, 3.05) is 69.7 Å². The van der Waals surface area contributed by atoms with Crippen molar-refractivity contribution in [3.63, 3.8) is 0 Å². The zero-order valence-corrected chi connectivity index (χ0v) is 23.8. The molecule has 3 aliphatic rings. The summed E-state index contributed by atoms with van der Waals surface area (Å²) in [6, 6.07) is 2.97. The molecular weight excluding hydrogens is 593 g/mol. The van der Waals surface area contributed by atoms with Gasteiger partial charge in [-0.15, -0.1) is 11.8 Å². The third-order valence-electron chi connectivity index (χ3n) is 8.07. The van der Waals surface area contributed by atoms with Crippen LogP contribution in [0.3, 0.4) is 0 Å².